The van der Waals surface area contributed by atoms with Crippen molar-refractivity contribution in [3.63, 3.8) is 0 Å². The summed E-state index contributed by atoms with van der Waals surface area (Å²) in [5.74, 6) is -0.388. The normalized spacial score (nSPS) is 18.0. The van der Waals surface area contributed by atoms with Crippen molar-refractivity contribution in [2.75, 3.05) is 33.9 Å². The summed E-state index contributed by atoms with van der Waals surface area (Å²) in [6, 6.07) is 2.81. The first kappa shape index (κ1) is 17.3. The van der Waals surface area contributed by atoms with E-state index >= 15 is 0 Å². The number of halogens is 2. The van der Waals surface area contributed by atoms with Gasteiger partial charge in [-0.15, -0.1) is 0 Å². The highest BCUT2D eigenvalue weighted by atomic mass is 19.3. The monoisotopic (exact) mass is 330 g/mol. The van der Waals surface area contributed by atoms with Gasteiger partial charge in [0.05, 0.1) is 14.2 Å². The first-order valence-electron chi connectivity index (χ1n) is 7.20. The van der Waals surface area contributed by atoms with Gasteiger partial charge in [-0.05, 0) is 19.1 Å². The minimum Gasteiger partial charge on any atom is -0.493 e. The van der Waals surface area contributed by atoms with Crippen LogP contribution >= 0.6 is 0 Å². The van der Waals surface area contributed by atoms with Gasteiger partial charge in [-0.2, -0.15) is 8.78 Å². The Morgan fingerprint density at radius 3 is 2.39 bits per heavy atom. The fourth-order valence-electron chi connectivity index (χ4n) is 2.52. The van der Waals surface area contributed by atoms with E-state index < -0.39 is 6.61 Å². The quantitative estimate of drug-likeness (QED) is 0.891. The molecule has 2 rings (SSSR count). The Morgan fingerprint density at radius 2 is 1.91 bits per heavy atom. The largest absolute Gasteiger partial charge is 0.493 e. The molecular formula is C15H20F2N2O4. The molecule has 1 heterocycles. The Kier molecular flexibility index (Phi) is 5.59. The molecule has 0 unspecified atom stereocenters. The number of hydrogen-bond acceptors (Lipinski definition) is 5. The Bertz CT molecular complexity index is 543. The zero-order valence-corrected chi connectivity index (χ0v) is 13.3. The van der Waals surface area contributed by atoms with Gasteiger partial charge >= 0.3 is 6.61 Å². The third-order valence-electron chi connectivity index (χ3n) is 3.68. The lowest BCUT2D eigenvalue weighted by Gasteiger charge is -2.34. The second-order valence-corrected chi connectivity index (χ2v) is 5.14. The Balaban J connectivity index is 2.37. The van der Waals surface area contributed by atoms with Gasteiger partial charge in [0.1, 0.15) is 0 Å². The summed E-state index contributed by atoms with van der Waals surface area (Å²) in [4.78, 5) is 14.4. The molecule has 1 atom stereocenters. The molecule has 0 spiro atoms. The van der Waals surface area contributed by atoms with Crippen LogP contribution in [0, 0.1) is 0 Å². The van der Waals surface area contributed by atoms with Crippen molar-refractivity contribution < 1.29 is 27.8 Å². The summed E-state index contributed by atoms with van der Waals surface area (Å²) in [5, 5.41) is 3.20. The molecule has 0 aliphatic carbocycles. The molecule has 1 aromatic carbocycles. The number of piperazine rings is 1. The number of nitrogens with zero attached hydrogens (tertiary/aromatic N) is 1. The number of amides is 1. The van der Waals surface area contributed by atoms with Crippen LogP contribution in [0.2, 0.25) is 0 Å². The number of methoxy groups -OCH3 is 2. The van der Waals surface area contributed by atoms with Crippen LogP contribution in [-0.2, 0) is 0 Å². The van der Waals surface area contributed by atoms with Crippen LogP contribution in [0.25, 0.3) is 0 Å². The highest BCUT2D eigenvalue weighted by Crippen LogP contribution is 2.39. The van der Waals surface area contributed by atoms with Crippen molar-refractivity contribution in [3.05, 3.63) is 17.7 Å². The van der Waals surface area contributed by atoms with Gasteiger partial charge in [0.25, 0.3) is 5.91 Å². The van der Waals surface area contributed by atoms with Crippen LogP contribution in [0.1, 0.15) is 17.3 Å². The summed E-state index contributed by atoms with van der Waals surface area (Å²) in [6.07, 6.45) is 0. The number of benzene rings is 1. The number of carbonyl (C=O) groups is 1. The third kappa shape index (κ3) is 3.82. The van der Waals surface area contributed by atoms with Gasteiger partial charge < -0.3 is 24.4 Å². The van der Waals surface area contributed by atoms with Crippen molar-refractivity contribution in [1.29, 1.82) is 0 Å². The highest BCUT2D eigenvalue weighted by molar-refractivity contribution is 5.96. The van der Waals surface area contributed by atoms with Gasteiger partial charge in [0.15, 0.2) is 11.5 Å². The van der Waals surface area contributed by atoms with Crippen molar-refractivity contribution in [3.8, 4) is 17.2 Å². The van der Waals surface area contributed by atoms with E-state index in [0.717, 1.165) is 0 Å². The molecule has 0 saturated carbocycles. The van der Waals surface area contributed by atoms with E-state index in [-0.39, 0.29) is 29.2 Å². The SMILES string of the molecule is COc1cc(C(=O)N2CCNC[C@@H]2C)cc(OC)c1OC(F)F. The summed E-state index contributed by atoms with van der Waals surface area (Å²) in [5.41, 5.74) is 0.300. The van der Waals surface area contributed by atoms with Crippen LogP contribution in [0.5, 0.6) is 17.2 Å². The molecule has 1 fully saturated rings. The van der Waals surface area contributed by atoms with E-state index in [9.17, 15) is 13.6 Å². The van der Waals surface area contributed by atoms with Gasteiger partial charge in [0.2, 0.25) is 5.75 Å². The van der Waals surface area contributed by atoms with Crippen LogP contribution in [0.15, 0.2) is 12.1 Å². The first-order valence-corrected chi connectivity index (χ1v) is 7.20. The summed E-state index contributed by atoms with van der Waals surface area (Å²) >= 11 is 0. The zero-order valence-electron chi connectivity index (χ0n) is 13.3. The predicted molar refractivity (Wildman–Crippen MR) is 79.5 cm³/mol. The van der Waals surface area contributed by atoms with Crippen LogP contribution in [-0.4, -0.2) is 57.3 Å². The van der Waals surface area contributed by atoms with Gasteiger partial charge in [-0.25, -0.2) is 0 Å². The molecule has 6 nitrogen and oxygen atoms in total. The van der Waals surface area contributed by atoms with E-state index in [0.29, 0.717) is 25.2 Å². The molecular weight excluding hydrogens is 310 g/mol. The summed E-state index contributed by atoms with van der Waals surface area (Å²) < 4.78 is 39.7. The molecule has 1 amide bonds. The van der Waals surface area contributed by atoms with Crippen LogP contribution in [0.4, 0.5) is 8.78 Å². The lowest BCUT2D eigenvalue weighted by atomic mass is 10.1. The van der Waals surface area contributed by atoms with E-state index in [1.165, 1.54) is 26.4 Å². The molecule has 1 aliphatic heterocycles. The number of carbonyl (C=O) groups excluding carboxylic acids is 1. The molecule has 128 valence electrons. The van der Waals surface area contributed by atoms with Crippen LogP contribution in [0.3, 0.4) is 0 Å². The van der Waals surface area contributed by atoms with Gasteiger partial charge in [0, 0.05) is 31.2 Å². The molecule has 1 saturated heterocycles. The fourth-order valence-corrected chi connectivity index (χ4v) is 2.52. The maximum Gasteiger partial charge on any atom is 0.387 e. The van der Waals surface area contributed by atoms with Gasteiger partial charge in [-0.3, -0.25) is 4.79 Å². The van der Waals surface area contributed by atoms with Crippen LogP contribution < -0.4 is 19.5 Å². The number of rotatable bonds is 5. The van der Waals surface area contributed by atoms with E-state index in [1.54, 1.807) is 4.90 Å². The van der Waals surface area contributed by atoms with Crippen molar-refractivity contribution in [2.45, 2.75) is 19.6 Å². The molecule has 8 heteroatoms. The minimum atomic E-state index is -3.02. The number of nitrogens with one attached hydrogen (secondary N) is 1. The second-order valence-electron chi connectivity index (χ2n) is 5.14. The Labute approximate surface area is 133 Å². The van der Waals surface area contributed by atoms with Crippen molar-refractivity contribution in [2.24, 2.45) is 0 Å². The molecule has 1 aromatic rings. The number of alkyl halides is 2. The minimum absolute atomic E-state index is 0.0239. The third-order valence-corrected chi connectivity index (χ3v) is 3.68. The highest BCUT2D eigenvalue weighted by Gasteiger charge is 2.27. The van der Waals surface area contributed by atoms with Gasteiger partial charge in [-0.1, -0.05) is 0 Å². The number of ether oxygens (including phenoxy) is 3. The number of hydrogen-bond donors (Lipinski definition) is 1. The zero-order chi connectivity index (χ0) is 17.0. The molecule has 1 N–H and O–H groups in total. The topological polar surface area (TPSA) is 60.0 Å². The lowest BCUT2D eigenvalue weighted by molar-refractivity contribution is -0.0526. The van der Waals surface area contributed by atoms with Crippen molar-refractivity contribution >= 4 is 5.91 Å². The summed E-state index contributed by atoms with van der Waals surface area (Å²) in [6.45, 7) is 0.892. The molecule has 0 radical (unpaired) electrons. The Morgan fingerprint density at radius 1 is 1.30 bits per heavy atom. The lowest BCUT2D eigenvalue weighted by Crippen LogP contribution is -2.52. The Hall–Kier alpha value is -2.09. The predicted octanol–water partition coefficient (Wildman–Crippen LogP) is 1.74. The maximum absolute atomic E-state index is 12.7. The molecule has 0 bridgehead atoms. The average Bonchev–Trinajstić information content (AvgIpc) is 2.54. The van der Waals surface area contributed by atoms with Crippen molar-refractivity contribution in [1.82, 2.24) is 10.2 Å². The first-order chi connectivity index (χ1) is 11.0. The van der Waals surface area contributed by atoms with E-state index in [4.69, 9.17) is 9.47 Å². The maximum atomic E-state index is 12.7. The second kappa shape index (κ2) is 7.45. The average molecular weight is 330 g/mol. The molecule has 23 heavy (non-hydrogen) atoms. The fraction of sp³-hybridized carbons (Fsp3) is 0.533. The summed E-state index contributed by atoms with van der Waals surface area (Å²) in [7, 11) is 2.63. The standard InChI is InChI=1S/C15H20F2N2O4/c1-9-8-18-4-5-19(9)14(20)10-6-11(21-2)13(23-15(16)17)12(7-10)22-3/h6-7,9,15,18H,4-5,8H2,1-3H3/t9-/m0/s1. The molecule has 0 aromatic heterocycles. The smallest absolute Gasteiger partial charge is 0.387 e. The van der Waals surface area contributed by atoms with E-state index in [1.807, 2.05) is 6.92 Å². The molecule has 1 aliphatic rings. The van der Waals surface area contributed by atoms with E-state index in [2.05, 4.69) is 10.1 Å².